The zero-order chi connectivity index (χ0) is 14.1. The fraction of sp³-hybridized carbons (Fsp3) is 0.571. The van der Waals surface area contributed by atoms with Crippen LogP contribution in [0.25, 0.3) is 0 Å². The number of rotatable bonds is 7. The molecule has 0 radical (unpaired) electrons. The number of guanidine groups is 1. The third-order valence-electron chi connectivity index (χ3n) is 2.80. The first-order valence-electron chi connectivity index (χ1n) is 6.67. The lowest BCUT2D eigenvalue weighted by Gasteiger charge is -2.21. The maximum Gasteiger partial charge on any atom is 0.193 e. The Bertz CT molecular complexity index is 417. The molecule has 1 N–H and O–H groups in total. The van der Waals surface area contributed by atoms with E-state index in [2.05, 4.69) is 46.1 Å². The average Bonchev–Trinajstić information content (AvgIpc) is 2.88. The van der Waals surface area contributed by atoms with Gasteiger partial charge in [0.25, 0.3) is 0 Å². The third-order valence-corrected chi connectivity index (χ3v) is 3.85. The van der Waals surface area contributed by atoms with E-state index < -0.39 is 0 Å². The Hall–Kier alpha value is -0.630. The Morgan fingerprint density at radius 3 is 2.90 bits per heavy atom. The van der Waals surface area contributed by atoms with E-state index in [1.165, 1.54) is 5.01 Å². The summed E-state index contributed by atoms with van der Waals surface area (Å²) in [6, 6.07) is 0. The van der Waals surface area contributed by atoms with Crippen LogP contribution in [0.3, 0.4) is 0 Å². The quantitative estimate of drug-likeness (QED) is 0.248. The maximum atomic E-state index is 4.54. The van der Waals surface area contributed by atoms with Gasteiger partial charge in [0.2, 0.25) is 0 Å². The fourth-order valence-corrected chi connectivity index (χ4v) is 2.47. The van der Waals surface area contributed by atoms with Gasteiger partial charge in [-0.05, 0) is 19.3 Å². The predicted octanol–water partition coefficient (Wildman–Crippen LogP) is 3.30. The van der Waals surface area contributed by atoms with E-state index >= 15 is 0 Å². The first kappa shape index (κ1) is 19.4. The molecule has 0 saturated heterocycles. The maximum absolute atomic E-state index is 4.54. The highest BCUT2D eigenvalue weighted by Crippen LogP contribution is 2.09. The van der Waals surface area contributed by atoms with Crippen LogP contribution >= 0.6 is 35.3 Å². The zero-order valence-corrected chi connectivity index (χ0v) is 15.7. The standard InChI is InChI=1S/C14H24N4S.HI/c1-5-7-8-9-18(4)14(15-3)16-10-12-11-19-13(6-2)17-12;/h5,11H,1,6-10H2,2-4H3,(H,15,16);1H. The Morgan fingerprint density at radius 1 is 1.60 bits per heavy atom. The topological polar surface area (TPSA) is 40.5 Å². The van der Waals surface area contributed by atoms with E-state index in [4.69, 9.17) is 0 Å². The lowest BCUT2D eigenvalue weighted by Crippen LogP contribution is -2.39. The number of aliphatic imine (C=N–C) groups is 1. The van der Waals surface area contributed by atoms with Crippen molar-refractivity contribution < 1.29 is 0 Å². The number of thiazole rings is 1. The van der Waals surface area contributed by atoms with Crippen LogP contribution < -0.4 is 5.32 Å². The Balaban J connectivity index is 0.00000361. The number of allylic oxidation sites excluding steroid dienone is 1. The molecule has 0 unspecified atom stereocenters. The van der Waals surface area contributed by atoms with Crippen LogP contribution in [-0.2, 0) is 13.0 Å². The van der Waals surface area contributed by atoms with Crippen molar-refractivity contribution in [1.29, 1.82) is 0 Å². The molecule has 114 valence electrons. The summed E-state index contributed by atoms with van der Waals surface area (Å²) in [6.07, 6.45) is 5.08. The van der Waals surface area contributed by atoms with Crippen molar-refractivity contribution in [1.82, 2.24) is 15.2 Å². The van der Waals surface area contributed by atoms with E-state index in [0.717, 1.165) is 44.0 Å². The normalized spacial score (nSPS) is 10.8. The molecular weight excluding hydrogens is 383 g/mol. The average molecular weight is 408 g/mol. The molecule has 0 aliphatic heterocycles. The largest absolute Gasteiger partial charge is 0.351 e. The van der Waals surface area contributed by atoms with Crippen molar-refractivity contribution >= 4 is 41.3 Å². The van der Waals surface area contributed by atoms with Crippen LogP contribution in [0.5, 0.6) is 0 Å². The molecule has 1 aromatic rings. The van der Waals surface area contributed by atoms with Crippen LogP contribution in [0.1, 0.15) is 30.5 Å². The second-order valence-corrected chi connectivity index (χ2v) is 5.28. The smallest absolute Gasteiger partial charge is 0.193 e. The molecule has 0 amide bonds. The van der Waals surface area contributed by atoms with Crippen molar-refractivity contribution in [2.45, 2.75) is 32.7 Å². The summed E-state index contributed by atoms with van der Waals surface area (Å²) >= 11 is 1.72. The van der Waals surface area contributed by atoms with Gasteiger partial charge >= 0.3 is 0 Å². The number of nitrogens with zero attached hydrogens (tertiary/aromatic N) is 3. The summed E-state index contributed by atoms with van der Waals surface area (Å²) in [7, 11) is 3.86. The number of halogens is 1. The molecule has 0 bridgehead atoms. The molecule has 0 atom stereocenters. The third kappa shape index (κ3) is 6.69. The molecule has 4 nitrogen and oxygen atoms in total. The molecule has 0 fully saturated rings. The van der Waals surface area contributed by atoms with Crippen molar-refractivity contribution in [3.8, 4) is 0 Å². The minimum absolute atomic E-state index is 0. The van der Waals surface area contributed by atoms with E-state index in [9.17, 15) is 0 Å². The summed E-state index contributed by atoms with van der Waals surface area (Å²) in [6.45, 7) is 7.57. The van der Waals surface area contributed by atoms with Gasteiger partial charge in [0.15, 0.2) is 5.96 Å². The minimum atomic E-state index is 0. The second-order valence-electron chi connectivity index (χ2n) is 4.34. The summed E-state index contributed by atoms with van der Waals surface area (Å²) < 4.78 is 0. The van der Waals surface area contributed by atoms with E-state index in [1.54, 1.807) is 11.3 Å². The Kier molecular flexibility index (Phi) is 10.7. The van der Waals surface area contributed by atoms with Crippen LogP contribution in [0, 0.1) is 0 Å². The van der Waals surface area contributed by atoms with E-state index in [0.29, 0.717) is 0 Å². The second kappa shape index (κ2) is 11.1. The van der Waals surface area contributed by atoms with Crippen LogP contribution in [0.2, 0.25) is 0 Å². The molecule has 0 aromatic carbocycles. The Labute approximate surface area is 143 Å². The zero-order valence-electron chi connectivity index (χ0n) is 12.6. The van der Waals surface area contributed by atoms with Gasteiger partial charge < -0.3 is 10.2 Å². The highest BCUT2D eigenvalue weighted by atomic mass is 127. The van der Waals surface area contributed by atoms with Crippen molar-refractivity contribution in [3.05, 3.63) is 28.7 Å². The molecule has 0 aliphatic carbocycles. The molecule has 1 heterocycles. The highest BCUT2D eigenvalue weighted by molar-refractivity contribution is 14.0. The summed E-state index contributed by atoms with van der Waals surface area (Å²) in [5, 5.41) is 6.64. The minimum Gasteiger partial charge on any atom is -0.351 e. The lowest BCUT2D eigenvalue weighted by molar-refractivity contribution is 0.469. The number of aryl methyl sites for hydroxylation is 1. The van der Waals surface area contributed by atoms with Gasteiger partial charge in [-0.1, -0.05) is 13.0 Å². The SMILES string of the molecule is C=CCCCN(C)C(=NC)NCc1csc(CC)n1.I. The van der Waals surface area contributed by atoms with Gasteiger partial charge in [-0.25, -0.2) is 4.98 Å². The number of aromatic nitrogens is 1. The number of unbranched alkanes of at least 4 members (excludes halogenated alkanes) is 1. The monoisotopic (exact) mass is 408 g/mol. The van der Waals surface area contributed by atoms with Crippen LogP contribution in [0.15, 0.2) is 23.0 Å². The molecule has 20 heavy (non-hydrogen) atoms. The molecule has 1 rings (SSSR count). The first-order valence-corrected chi connectivity index (χ1v) is 7.55. The molecule has 0 saturated carbocycles. The van der Waals surface area contributed by atoms with E-state index in [1.807, 2.05) is 13.1 Å². The molecule has 0 aliphatic rings. The van der Waals surface area contributed by atoms with Crippen molar-refractivity contribution in [2.24, 2.45) is 4.99 Å². The number of hydrogen-bond acceptors (Lipinski definition) is 3. The first-order chi connectivity index (χ1) is 9.21. The van der Waals surface area contributed by atoms with E-state index in [-0.39, 0.29) is 24.0 Å². The molecule has 6 heteroatoms. The molecule has 1 aromatic heterocycles. The van der Waals surface area contributed by atoms with Gasteiger partial charge in [0.1, 0.15) is 0 Å². The predicted molar refractivity (Wildman–Crippen MR) is 99.2 cm³/mol. The molecule has 0 spiro atoms. The number of nitrogens with one attached hydrogen (secondary N) is 1. The Morgan fingerprint density at radius 2 is 2.35 bits per heavy atom. The highest BCUT2D eigenvalue weighted by Gasteiger charge is 2.06. The van der Waals surface area contributed by atoms with Gasteiger partial charge in [-0.3, -0.25) is 4.99 Å². The van der Waals surface area contributed by atoms with Gasteiger partial charge in [0, 0.05) is 26.0 Å². The van der Waals surface area contributed by atoms with Gasteiger partial charge in [-0.15, -0.1) is 41.9 Å². The van der Waals surface area contributed by atoms with Crippen LogP contribution in [0.4, 0.5) is 0 Å². The van der Waals surface area contributed by atoms with Gasteiger partial charge in [-0.2, -0.15) is 0 Å². The van der Waals surface area contributed by atoms with Crippen molar-refractivity contribution in [3.63, 3.8) is 0 Å². The summed E-state index contributed by atoms with van der Waals surface area (Å²) in [4.78, 5) is 11.0. The van der Waals surface area contributed by atoms with Gasteiger partial charge in [0.05, 0.1) is 17.2 Å². The van der Waals surface area contributed by atoms with Crippen molar-refractivity contribution in [2.75, 3.05) is 20.6 Å². The molecular formula is C14H25IN4S. The fourth-order valence-electron chi connectivity index (χ4n) is 1.73. The van der Waals surface area contributed by atoms with Crippen LogP contribution in [-0.4, -0.2) is 36.5 Å². The number of hydrogen-bond donors (Lipinski definition) is 1. The summed E-state index contributed by atoms with van der Waals surface area (Å²) in [5.74, 6) is 0.912. The summed E-state index contributed by atoms with van der Waals surface area (Å²) in [5.41, 5.74) is 1.09. The lowest BCUT2D eigenvalue weighted by atomic mass is 10.3.